The number of likely N-dealkylation sites (N-methyl/N-ethyl adjacent to an activating group) is 1. The first-order valence-electron chi connectivity index (χ1n) is 6.49. The van der Waals surface area contributed by atoms with Gasteiger partial charge >= 0.3 is 0 Å². The molecule has 0 atom stereocenters. The van der Waals surface area contributed by atoms with Crippen LogP contribution in [0.1, 0.15) is 32.3 Å². The predicted molar refractivity (Wildman–Crippen MR) is 80.5 cm³/mol. The van der Waals surface area contributed by atoms with Crippen LogP contribution in [0.15, 0.2) is 30.3 Å². The van der Waals surface area contributed by atoms with Crippen molar-refractivity contribution in [1.82, 2.24) is 4.90 Å². The molecule has 3 heteroatoms. The average molecular weight is 272 g/mol. The summed E-state index contributed by atoms with van der Waals surface area (Å²) in [6.45, 7) is 6.15. The van der Waals surface area contributed by atoms with E-state index in [0.717, 1.165) is 26.0 Å². The number of nitrogens with zero attached hydrogens (tertiary/aromatic N) is 1. The fourth-order valence-corrected chi connectivity index (χ4v) is 2.11. The SMILES string of the molecule is CCC(CC)(OCCN(C)C)c1ccccc1.Cl. The summed E-state index contributed by atoms with van der Waals surface area (Å²) in [5.74, 6) is 0. The molecule has 0 aromatic heterocycles. The van der Waals surface area contributed by atoms with Gasteiger partial charge in [-0.25, -0.2) is 0 Å². The number of halogens is 1. The van der Waals surface area contributed by atoms with E-state index in [4.69, 9.17) is 4.74 Å². The molecule has 0 amide bonds. The quantitative estimate of drug-likeness (QED) is 0.750. The topological polar surface area (TPSA) is 12.5 Å². The molecule has 0 aliphatic heterocycles. The summed E-state index contributed by atoms with van der Waals surface area (Å²) in [5.41, 5.74) is 1.18. The number of hydrogen-bond donors (Lipinski definition) is 0. The molecular formula is C15H26ClNO. The van der Waals surface area contributed by atoms with E-state index in [2.05, 4.69) is 63.2 Å². The van der Waals surface area contributed by atoms with Crippen LogP contribution in [0.5, 0.6) is 0 Å². The molecule has 18 heavy (non-hydrogen) atoms. The van der Waals surface area contributed by atoms with Crippen LogP contribution in [0, 0.1) is 0 Å². The Labute approximate surface area is 118 Å². The Morgan fingerprint density at radius 3 is 2.06 bits per heavy atom. The summed E-state index contributed by atoms with van der Waals surface area (Å²) in [7, 11) is 4.15. The molecule has 0 fully saturated rings. The van der Waals surface area contributed by atoms with Crippen molar-refractivity contribution in [3.63, 3.8) is 0 Å². The Morgan fingerprint density at radius 1 is 1.06 bits per heavy atom. The molecule has 0 spiro atoms. The predicted octanol–water partition coefficient (Wildman–Crippen LogP) is 3.70. The number of rotatable bonds is 7. The summed E-state index contributed by atoms with van der Waals surface area (Å²) in [5, 5.41) is 0. The maximum atomic E-state index is 6.18. The van der Waals surface area contributed by atoms with Crippen LogP contribution in [-0.4, -0.2) is 32.1 Å². The smallest absolute Gasteiger partial charge is 0.0926 e. The standard InChI is InChI=1S/C15H25NO.ClH/c1-5-15(6-2,17-13-12-16(3)4)14-10-8-7-9-11-14;/h7-11H,5-6,12-13H2,1-4H3;1H. The van der Waals surface area contributed by atoms with Gasteiger partial charge in [-0.2, -0.15) is 0 Å². The normalized spacial score (nSPS) is 11.4. The van der Waals surface area contributed by atoms with Crippen LogP contribution in [0.3, 0.4) is 0 Å². The van der Waals surface area contributed by atoms with Gasteiger partial charge in [0.2, 0.25) is 0 Å². The highest BCUT2D eigenvalue weighted by atomic mass is 35.5. The molecule has 1 rings (SSSR count). The maximum Gasteiger partial charge on any atom is 0.0926 e. The molecule has 0 saturated carbocycles. The fraction of sp³-hybridized carbons (Fsp3) is 0.600. The minimum Gasteiger partial charge on any atom is -0.369 e. The summed E-state index contributed by atoms with van der Waals surface area (Å²) in [6, 6.07) is 10.6. The molecule has 2 nitrogen and oxygen atoms in total. The largest absolute Gasteiger partial charge is 0.369 e. The number of hydrogen-bond acceptors (Lipinski definition) is 2. The van der Waals surface area contributed by atoms with Gasteiger partial charge < -0.3 is 9.64 Å². The molecule has 0 aliphatic carbocycles. The second-order valence-corrected chi connectivity index (χ2v) is 4.72. The lowest BCUT2D eigenvalue weighted by Gasteiger charge is -2.33. The Bertz CT molecular complexity index is 310. The number of ether oxygens (including phenoxy) is 1. The van der Waals surface area contributed by atoms with Crippen molar-refractivity contribution >= 4 is 12.4 Å². The van der Waals surface area contributed by atoms with E-state index in [1.54, 1.807) is 0 Å². The summed E-state index contributed by atoms with van der Waals surface area (Å²) in [6.07, 6.45) is 2.03. The molecule has 1 aromatic rings. The first kappa shape index (κ1) is 17.4. The van der Waals surface area contributed by atoms with Gasteiger partial charge in [-0.15, -0.1) is 12.4 Å². The first-order valence-corrected chi connectivity index (χ1v) is 6.49. The van der Waals surface area contributed by atoms with Crippen molar-refractivity contribution in [2.24, 2.45) is 0 Å². The van der Waals surface area contributed by atoms with Crippen molar-refractivity contribution in [3.05, 3.63) is 35.9 Å². The van der Waals surface area contributed by atoms with Crippen LogP contribution in [-0.2, 0) is 10.3 Å². The maximum absolute atomic E-state index is 6.18. The van der Waals surface area contributed by atoms with Gasteiger partial charge in [-0.1, -0.05) is 44.2 Å². The second-order valence-electron chi connectivity index (χ2n) is 4.72. The first-order chi connectivity index (χ1) is 8.14. The Kier molecular flexibility index (Phi) is 8.25. The van der Waals surface area contributed by atoms with Gasteiger partial charge in [0, 0.05) is 6.54 Å². The van der Waals surface area contributed by atoms with Crippen LogP contribution < -0.4 is 0 Å². The van der Waals surface area contributed by atoms with Crippen molar-refractivity contribution < 1.29 is 4.74 Å². The van der Waals surface area contributed by atoms with Gasteiger partial charge in [0.15, 0.2) is 0 Å². The zero-order valence-electron chi connectivity index (χ0n) is 12.0. The summed E-state index contributed by atoms with van der Waals surface area (Å²) < 4.78 is 6.18. The van der Waals surface area contributed by atoms with Gasteiger partial charge in [-0.3, -0.25) is 0 Å². The molecule has 104 valence electrons. The Hall–Kier alpha value is -0.570. The van der Waals surface area contributed by atoms with Crippen molar-refractivity contribution in [2.45, 2.75) is 32.3 Å². The van der Waals surface area contributed by atoms with E-state index in [1.165, 1.54) is 5.56 Å². The molecule has 0 radical (unpaired) electrons. The summed E-state index contributed by atoms with van der Waals surface area (Å²) in [4.78, 5) is 2.15. The Morgan fingerprint density at radius 2 is 1.61 bits per heavy atom. The van der Waals surface area contributed by atoms with Gasteiger partial charge in [0.25, 0.3) is 0 Å². The van der Waals surface area contributed by atoms with E-state index in [9.17, 15) is 0 Å². The zero-order chi connectivity index (χ0) is 12.7. The van der Waals surface area contributed by atoms with E-state index in [0.29, 0.717) is 0 Å². The molecule has 1 aromatic carbocycles. The summed E-state index contributed by atoms with van der Waals surface area (Å²) >= 11 is 0. The molecule has 0 bridgehead atoms. The van der Waals surface area contributed by atoms with Crippen LogP contribution in [0.25, 0.3) is 0 Å². The van der Waals surface area contributed by atoms with Crippen LogP contribution in [0.4, 0.5) is 0 Å². The zero-order valence-corrected chi connectivity index (χ0v) is 12.8. The monoisotopic (exact) mass is 271 g/mol. The highest BCUT2D eigenvalue weighted by Gasteiger charge is 2.28. The van der Waals surface area contributed by atoms with Crippen molar-refractivity contribution in [3.8, 4) is 0 Å². The Balaban J connectivity index is 0.00000289. The number of benzene rings is 1. The molecule has 0 heterocycles. The van der Waals surface area contributed by atoms with E-state index >= 15 is 0 Å². The lowest BCUT2D eigenvalue weighted by Crippen LogP contribution is -2.31. The van der Waals surface area contributed by atoms with E-state index in [-0.39, 0.29) is 18.0 Å². The molecular weight excluding hydrogens is 246 g/mol. The van der Waals surface area contributed by atoms with Crippen LogP contribution in [0.2, 0.25) is 0 Å². The lowest BCUT2D eigenvalue weighted by atomic mass is 9.88. The molecule has 0 saturated heterocycles. The second kappa shape index (κ2) is 8.52. The third kappa shape index (κ3) is 4.60. The molecule has 0 N–H and O–H groups in total. The fourth-order valence-electron chi connectivity index (χ4n) is 2.11. The minimum atomic E-state index is -0.114. The van der Waals surface area contributed by atoms with Gasteiger partial charge in [-0.05, 0) is 32.5 Å². The van der Waals surface area contributed by atoms with Gasteiger partial charge in [0.1, 0.15) is 0 Å². The van der Waals surface area contributed by atoms with E-state index < -0.39 is 0 Å². The van der Waals surface area contributed by atoms with Gasteiger partial charge in [0.05, 0.1) is 12.2 Å². The highest BCUT2D eigenvalue weighted by Crippen LogP contribution is 2.32. The molecule has 0 aliphatic rings. The third-order valence-electron chi connectivity index (χ3n) is 3.36. The average Bonchev–Trinajstić information content (AvgIpc) is 2.36. The van der Waals surface area contributed by atoms with Crippen molar-refractivity contribution in [2.75, 3.05) is 27.2 Å². The van der Waals surface area contributed by atoms with Crippen molar-refractivity contribution in [1.29, 1.82) is 0 Å². The third-order valence-corrected chi connectivity index (χ3v) is 3.36. The van der Waals surface area contributed by atoms with Crippen LogP contribution >= 0.6 is 12.4 Å². The van der Waals surface area contributed by atoms with E-state index in [1.807, 2.05) is 0 Å². The molecule has 0 unspecified atom stereocenters. The highest BCUT2D eigenvalue weighted by molar-refractivity contribution is 5.85. The minimum absolute atomic E-state index is 0. The lowest BCUT2D eigenvalue weighted by molar-refractivity contribution is -0.0608.